The molecule has 0 bridgehead atoms. The van der Waals surface area contributed by atoms with Crippen LogP contribution in [0.3, 0.4) is 0 Å². The van der Waals surface area contributed by atoms with Gasteiger partial charge in [-0.2, -0.15) is 5.10 Å². The summed E-state index contributed by atoms with van der Waals surface area (Å²) >= 11 is 0. The molecule has 0 aliphatic carbocycles. The highest BCUT2D eigenvalue weighted by molar-refractivity contribution is 6.04. The molecule has 5 heteroatoms. The lowest BCUT2D eigenvalue weighted by Crippen LogP contribution is -2.13. The maximum absolute atomic E-state index is 13.3. The molecule has 128 valence electrons. The molecule has 0 radical (unpaired) electrons. The van der Waals surface area contributed by atoms with E-state index < -0.39 is 5.82 Å². The SMILES string of the molecule is Cc1ccccc1Cn1nc(C)c(NC(=O)c2cccc(F)c2)c1C. The van der Waals surface area contributed by atoms with E-state index in [2.05, 4.69) is 29.5 Å². The molecule has 25 heavy (non-hydrogen) atoms. The van der Waals surface area contributed by atoms with Gasteiger partial charge in [0.15, 0.2) is 0 Å². The van der Waals surface area contributed by atoms with Gasteiger partial charge in [-0.15, -0.1) is 0 Å². The predicted molar refractivity (Wildman–Crippen MR) is 96.3 cm³/mol. The molecule has 0 fully saturated rings. The third-order valence-corrected chi connectivity index (χ3v) is 4.29. The van der Waals surface area contributed by atoms with Crippen molar-refractivity contribution in [3.63, 3.8) is 0 Å². The number of aryl methyl sites for hydroxylation is 2. The number of aromatic nitrogens is 2. The van der Waals surface area contributed by atoms with Gasteiger partial charge in [0.2, 0.25) is 0 Å². The highest BCUT2D eigenvalue weighted by Crippen LogP contribution is 2.22. The van der Waals surface area contributed by atoms with E-state index >= 15 is 0 Å². The molecule has 2 aromatic carbocycles. The van der Waals surface area contributed by atoms with Gasteiger partial charge in [-0.3, -0.25) is 9.48 Å². The van der Waals surface area contributed by atoms with Gasteiger partial charge in [0, 0.05) is 5.56 Å². The largest absolute Gasteiger partial charge is 0.319 e. The summed E-state index contributed by atoms with van der Waals surface area (Å²) in [5.74, 6) is -0.780. The molecule has 0 aliphatic rings. The molecule has 1 heterocycles. The van der Waals surface area contributed by atoms with Crippen LogP contribution in [0.25, 0.3) is 0 Å². The third kappa shape index (κ3) is 3.60. The summed E-state index contributed by atoms with van der Waals surface area (Å²) in [6, 6.07) is 13.8. The van der Waals surface area contributed by atoms with Crippen LogP contribution in [0, 0.1) is 26.6 Å². The smallest absolute Gasteiger partial charge is 0.255 e. The van der Waals surface area contributed by atoms with Crippen molar-refractivity contribution in [2.45, 2.75) is 27.3 Å². The summed E-state index contributed by atoms with van der Waals surface area (Å²) in [5, 5.41) is 7.39. The fraction of sp³-hybridized carbons (Fsp3) is 0.200. The van der Waals surface area contributed by atoms with Crippen LogP contribution in [-0.4, -0.2) is 15.7 Å². The zero-order valence-corrected chi connectivity index (χ0v) is 14.5. The van der Waals surface area contributed by atoms with Crippen LogP contribution in [0.15, 0.2) is 48.5 Å². The Bertz CT molecular complexity index is 930. The van der Waals surface area contributed by atoms with Crippen LogP contribution in [0.5, 0.6) is 0 Å². The van der Waals surface area contributed by atoms with E-state index in [1.165, 1.54) is 29.3 Å². The molecule has 1 N–H and O–H groups in total. The number of nitrogens with zero attached hydrogens (tertiary/aromatic N) is 2. The Kier molecular flexibility index (Phi) is 4.65. The summed E-state index contributed by atoms with van der Waals surface area (Å²) in [6.45, 7) is 6.46. The maximum atomic E-state index is 13.3. The van der Waals surface area contributed by atoms with Crippen molar-refractivity contribution in [1.29, 1.82) is 0 Å². The molecular formula is C20H20FN3O. The minimum absolute atomic E-state index is 0.283. The van der Waals surface area contributed by atoms with Crippen molar-refractivity contribution in [2.75, 3.05) is 5.32 Å². The number of carbonyl (C=O) groups is 1. The second-order valence-corrected chi connectivity index (χ2v) is 6.09. The Labute approximate surface area is 146 Å². The highest BCUT2D eigenvalue weighted by atomic mass is 19.1. The van der Waals surface area contributed by atoms with Gasteiger partial charge >= 0.3 is 0 Å². The van der Waals surface area contributed by atoms with Crippen LogP contribution in [0.2, 0.25) is 0 Å². The lowest BCUT2D eigenvalue weighted by molar-refractivity contribution is 0.102. The van der Waals surface area contributed by atoms with Crippen LogP contribution >= 0.6 is 0 Å². The van der Waals surface area contributed by atoms with Gasteiger partial charge in [-0.05, 0) is 50.1 Å². The van der Waals surface area contributed by atoms with Crippen LogP contribution < -0.4 is 5.32 Å². The van der Waals surface area contributed by atoms with E-state index in [1.54, 1.807) is 6.07 Å². The Morgan fingerprint density at radius 2 is 1.88 bits per heavy atom. The summed E-state index contributed by atoms with van der Waals surface area (Å²) in [6.07, 6.45) is 0. The molecule has 0 spiro atoms. The Morgan fingerprint density at radius 3 is 2.60 bits per heavy atom. The highest BCUT2D eigenvalue weighted by Gasteiger charge is 2.16. The Morgan fingerprint density at radius 1 is 1.12 bits per heavy atom. The fourth-order valence-electron chi connectivity index (χ4n) is 2.80. The molecule has 4 nitrogen and oxygen atoms in total. The summed E-state index contributed by atoms with van der Waals surface area (Å²) < 4.78 is 15.2. The van der Waals surface area contributed by atoms with E-state index in [0.717, 1.165) is 11.4 Å². The van der Waals surface area contributed by atoms with E-state index in [9.17, 15) is 9.18 Å². The standard InChI is InChI=1S/C20H20FN3O/c1-13-7-4-5-8-17(13)12-24-15(3)19(14(2)23-24)22-20(25)16-9-6-10-18(21)11-16/h4-11H,12H2,1-3H3,(H,22,25). The molecule has 0 unspecified atom stereocenters. The zero-order chi connectivity index (χ0) is 18.0. The normalized spacial score (nSPS) is 10.7. The third-order valence-electron chi connectivity index (χ3n) is 4.29. The molecule has 0 aliphatic heterocycles. The average molecular weight is 337 g/mol. The molecule has 1 aromatic heterocycles. The molecule has 3 aromatic rings. The molecule has 0 atom stereocenters. The second kappa shape index (κ2) is 6.89. The number of hydrogen-bond acceptors (Lipinski definition) is 2. The van der Waals surface area contributed by atoms with Crippen molar-refractivity contribution in [3.8, 4) is 0 Å². The second-order valence-electron chi connectivity index (χ2n) is 6.09. The maximum Gasteiger partial charge on any atom is 0.255 e. The van der Waals surface area contributed by atoms with Crippen LogP contribution in [0.4, 0.5) is 10.1 Å². The lowest BCUT2D eigenvalue weighted by Gasteiger charge is -2.09. The van der Waals surface area contributed by atoms with E-state index in [0.29, 0.717) is 12.2 Å². The number of halogens is 1. The number of benzene rings is 2. The number of rotatable bonds is 4. The van der Waals surface area contributed by atoms with Gasteiger partial charge in [-0.25, -0.2) is 4.39 Å². The first-order valence-electron chi connectivity index (χ1n) is 8.11. The molecular weight excluding hydrogens is 317 g/mol. The van der Waals surface area contributed by atoms with Crippen molar-refractivity contribution < 1.29 is 9.18 Å². The van der Waals surface area contributed by atoms with Gasteiger partial charge < -0.3 is 5.32 Å². The molecule has 0 saturated carbocycles. The molecule has 0 saturated heterocycles. The number of anilines is 1. The fourth-order valence-corrected chi connectivity index (χ4v) is 2.80. The van der Waals surface area contributed by atoms with Gasteiger partial charge in [0.25, 0.3) is 5.91 Å². The zero-order valence-electron chi connectivity index (χ0n) is 14.5. The number of carbonyl (C=O) groups excluding carboxylic acids is 1. The van der Waals surface area contributed by atoms with Crippen LogP contribution in [0.1, 0.15) is 32.9 Å². The van der Waals surface area contributed by atoms with E-state index in [1.807, 2.05) is 30.7 Å². The molecule has 3 rings (SSSR count). The Hall–Kier alpha value is -2.95. The average Bonchev–Trinajstić information content (AvgIpc) is 2.84. The predicted octanol–water partition coefficient (Wildman–Crippen LogP) is 4.25. The monoisotopic (exact) mass is 337 g/mol. The van der Waals surface area contributed by atoms with E-state index in [4.69, 9.17) is 0 Å². The quantitative estimate of drug-likeness (QED) is 0.774. The van der Waals surface area contributed by atoms with Gasteiger partial charge in [-0.1, -0.05) is 30.3 Å². The van der Waals surface area contributed by atoms with Gasteiger partial charge in [0.1, 0.15) is 5.82 Å². The Balaban J connectivity index is 1.85. The minimum Gasteiger partial charge on any atom is -0.319 e. The summed E-state index contributed by atoms with van der Waals surface area (Å²) in [4.78, 5) is 12.4. The number of nitrogens with one attached hydrogen (secondary N) is 1. The summed E-state index contributed by atoms with van der Waals surface area (Å²) in [7, 11) is 0. The number of hydrogen-bond donors (Lipinski definition) is 1. The molecule has 1 amide bonds. The first-order valence-corrected chi connectivity index (χ1v) is 8.11. The van der Waals surface area contributed by atoms with Crippen molar-refractivity contribution >= 4 is 11.6 Å². The minimum atomic E-state index is -0.434. The topological polar surface area (TPSA) is 46.9 Å². The van der Waals surface area contributed by atoms with Crippen molar-refractivity contribution in [2.24, 2.45) is 0 Å². The van der Waals surface area contributed by atoms with Gasteiger partial charge in [0.05, 0.1) is 23.6 Å². The number of amides is 1. The van der Waals surface area contributed by atoms with E-state index in [-0.39, 0.29) is 11.5 Å². The van der Waals surface area contributed by atoms with Crippen molar-refractivity contribution in [3.05, 3.63) is 82.4 Å². The summed E-state index contributed by atoms with van der Waals surface area (Å²) in [5.41, 5.74) is 4.92. The first kappa shape index (κ1) is 16.9. The van der Waals surface area contributed by atoms with Crippen LogP contribution in [-0.2, 0) is 6.54 Å². The lowest BCUT2D eigenvalue weighted by atomic mass is 10.1. The van der Waals surface area contributed by atoms with Crippen molar-refractivity contribution in [1.82, 2.24) is 9.78 Å². The first-order chi connectivity index (χ1) is 12.0.